The molecule has 0 saturated heterocycles. The molecule has 0 bridgehead atoms. The summed E-state index contributed by atoms with van der Waals surface area (Å²) >= 11 is 12.0. The molecule has 1 unspecified atom stereocenters. The van der Waals surface area contributed by atoms with Crippen LogP contribution in [0.25, 0.3) is 0 Å². The molecule has 0 spiro atoms. The second kappa shape index (κ2) is 7.39. The van der Waals surface area contributed by atoms with Gasteiger partial charge in [-0.1, -0.05) is 29.1 Å². The number of anilines is 1. The number of pyridine rings is 1. The normalized spacial score (nSPS) is 11.3. The van der Waals surface area contributed by atoms with E-state index < -0.39 is 17.9 Å². The number of rotatable bonds is 3. The lowest BCUT2D eigenvalue weighted by molar-refractivity contribution is -0.130. The average Bonchev–Trinajstić information content (AvgIpc) is 2.52. The van der Waals surface area contributed by atoms with E-state index in [1.54, 1.807) is 6.92 Å². The van der Waals surface area contributed by atoms with Crippen LogP contribution in [0.4, 0.5) is 10.2 Å². The maximum atomic E-state index is 13.6. The Kier molecular flexibility index (Phi) is 5.50. The van der Waals surface area contributed by atoms with E-state index >= 15 is 0 Å². The molecule has 0 aliphatic rings. The molecule has 0 saturated carbocycles. The smallest absolute Gasteiger partial charge is 0.382 e. The molecule has 0 aliphatic heterocycles. The molecule has 1 aromatic heterocycles. The maximum Gasteiger partial charge on any atom is 0.382 e. The van der Waals surface area contributed by atoms with E-state index in [0.29, 0.717) is 5.56 Å². The van der Waals surface area contributed by atoms with Crippen molar-refractivity contribution >= 4 is 35.0 Å². The third-order valence-electron chi connectivity index (χ3n) is 2.99. The van der Waals surface area contributed by atoms with Crippen LogP contribution in [0.15, 0.2) is 24.4 Å². The number of aliphatic carboxylic acids is 1. The van der Waals surface area contributed by atoms with Crippen LogP contribution in [0.3, 0.4) is 0 Å². The molecule has 0 amide bonds. The number of carboxylic acid groups (broad SMARTS) is 1. The number of benzene rings is 1. The lowest BCUT2D eigenvalue weighted by Gasteiger charge is -2.18. The topological polar surface area (TPSA) is 85.4 Å². The Morgan fingerprint density at radius 3 is 2.83 bits per heavy atom. The summed E-state index contributed by atoms with van der Waals surface area (Å²) in [6, 6.07) is 3.95. The van der Waals surface area contributed by atoms with Gasteiger partial charge in [0.25, 0.3) is 0 Å². The summed E-state index contributed by atoms with van der Waals surface area (Å²) < 4.78 is 19.3. The summed E-state index contributed by atoms with van der Waals surface area (Å²) in [6.07, 6.45) is 0.581. The average molecular weight is 369 g/mol. The molecule has 0 aliphatic carbocycles. The molecule has 0 fully saturated rings. The zero-order chi connectivity index (χ0) is 17.9. The van der Waals surface area contributed by atoms with Crippen molar-refractivity contribution in [3.05, 3.63) is 51.4 Å². The Balaban J connectivity index is 2.35. The van der Waals surface area contributed by atoms with Gasteiger partial charge in [0.1, 0.15) is 11.9 Å². The SMILES string of the molecule is CC(Oc1cc(C#CC(=O)O)cnc1N)c1c(Cl)ccc(F)c1Cl. The number of hydrogen-bond donors (Lipinski definition) is 2. The van der Waals surface area contributed by atoms with E-state index in [1.807, 2.05) is 5.92 Å². The Morgan fingerprint density at radius 1 is 1.46 bits per heavy atom. The second-order valence-corrected chi connectivity index (χ2v) is 5.46. The highest BCUT2D eigenvalue weighted by atomic mass is 35.5. The molecule has 8 heteroatoms. The minimum atomic E-state index is -1.28. The Hall–Kier alpha value is -2.49. The van der Waals surface area contributed by atoms with Crippen LogP contribution < -0.4 is 10.5 Å². The first-order valence-electron chi connectivity index (χ1n) is 6.60. The fraction of sp³-hybridized carbons (Fsp3) is 0.125. The van der Waals surface area contributed by atoms with Crippen molar-refractivity contribution in [3.63, 3.8) is 0 Å². The quantitative estimate of drug-likeness (QED) is 0.637. The van der Waals surface area contributed by atoms with E-state index in [1.165, 1.54) is 18.3 Å². The minimum absolute atomic E-state index is 0.0615. The number of hydrogen-bond acceptors (Lipinski definition) is 4. The van der Waals surface area contributed by atoms with Gasteiger partial charge in [0.2, 0.25) is 0 Å². The summed E-state index contributed by atoms with van der Waals surface area (Å²) in [4.78, 5) is 14.4. The summed E-state index contributed by atoms with van der Waals surface area (Å²) in [5.74, 6) is 2.66. The first-order chi connectivity index (χ1) is 11.3. The second-order valence-electron chi connectivity index (χ2n) is 4.68. The van der Waals surface area contributed by atoms with Gasteiger partial charge in [-0.15, -0.1) is 0 Å². The van der Waals surface area contributed by atoms with E-state index in [-0.39, 0.29) is 27.2 Å². The molecule has 1 heterocycles. The van der Waals surface area contributed by atoms with Gasteiger partial charge in [-0.2, -0.15) is 0 Å². The van der Waals surface area contributed by atoms with Crippen molar-refractivity contribution in [3.8, 4) is 17.6 Å². The lowest BCUT2D eigenvalue weighted by atomic mass is 10.1. The van der Waals surface area contributed by atoms with E-state index in [4.69, 9.17) is 38.8 Å². The summed E-state index contributed by atoms with van der Waals surface area (Å²) in [5, 5.41) is 8.65. The molecule has 2 rings (SSSR count). The van der Waals surface area contributed by atoms with Gasteiger partial charge in [0.15, 0.2) is 11.6 Å². The van der Waals surface area contributed by atoms with Crippen molar-refractivity contribution in [2.24, 2.45) is 0 Å². The molecule has 2 aromatic rings. The number of halogens is 3. The van der Waals surface area contributed by atoms with Gasteiger partial charge in [0, 0.05) is 34.3 Å². The molecule has 24 heavy (non-hydrogen) atoms. The Bertz CT molecular complexity index is 862. The number of nitrogens with two attached hydrogens (primary N) is 1. The molecule has 124 valence electrons. The molecule has 3 N–H and O–H groups in total. The lowest BCUT2D eigenvalue weighted by Crippen LogP contribution is -2.08. The zero-order valence-electron chi connectivity index (χ0n) is 12.3. The fourth-order valence-corrected chi connectivity index (χ4v) is 2.59. The van der Waals surface area contributed by atoms with Crippen molar-refractivity contribution in [1.29, 1.82) is 0 Å². The van der Waals surface area contributed by atoms with E-state index in [2.05, 4.69) is 10.9 Å². The van der Waals surface area contributed by atoms with Crippen LogP contribution >= 0.6 is 23.2 Å². The molecule has 1 aromatic carbocycles. The number of carbonyl (C=O) groups is 1. The van der Waals surface area contributed by atoms with Crippen molar-refractivity contribution in [2.75, 3.05) is 5.73 Å². The fourth-order valence-electron chi connectivity index (χ4n) is 1.91. The maximum absolute atomic E-state index is 13.6. The number of nitrogen functional groups attached to an aromatic ring is 1. The standard InChI is InChI=1S/C16H11Cl2FN2O3/c1-8(14-10(17)3-4-11(19)15(14)18)24-12-6-9(2-5-13(22)23)7-21-16(12)20/h3-4,6-8H,1H3,(H2,20,21)(H,22,23). The number of carboxylic acids is 1. The predicted molar refractivity (Wildman–Crippen MR) is 88.6 cm³/mol. The highest BCUT2D eigenvalue weighted by molar-refractivity contribution is 6.36. The number of nitrogens with zero attached hydrogens (tertiary/aromatic N) is 1. The van der Waals surface area contributed by atoms with Gasteiger partial charge in [-0.3, -0.25) is 0 Å². The Labute approximate surface area is 147 Å². The first kappa shape index (κ1) is 17.9. The number of aromatic nitrogens is 1. The van der Waals surface area contributed by atoms with Crippen molar-refractivity contribution in [2.45, 2.75) is 13.0 Å². The van der Waals surface area contributed by atoms with Crippen LogP contribution in [0.5, 0.6) is 5.75 Å². The van der Waals surface area contributed by atoms with Gasteiger partial charge < -0.3 is 15.6 Å². The summed E-state index contributed by atoms with van der Waals surface area (Å²) in [7, 11) is 0. The molecular weight excluding hydrogens is 358 g/mol. The van der Waals surface area contributed by atoms with Gasteiger partial charge >= 0.3 is 5.97 Å². The highest BCUT2D eigenvalue weighted by Gasteiger charge is 2.19. The summed E-state index contributed by atoms with van der Waals surface area (Å²) in [6.45, 7) is 1.61. The molecule has 5 nitrogen and oxygen atoms in total. The predicted octanol–water partition coefficient (Wildman–Crippen LogP) is 3.69. The highest BCUT2D eigenvalue weighted by Crippen LogP contribution is 2.35. The van der Waals surface area contributed by atoms with E-state index in [9.17, 15) is 9.18 Å². The van der Waals surface area contributed by atoms with E-state index in [0.717, 1.165) is 6.07 Å². The largest absolute Gasteiger partial charge is 0.482 e. The van der Waals surface area contributed by atoms with Crippen molar-refractivity contribution < 1.29 is 19.0 Å². The zero-order valence-corrected chi connectivity index (χ0v) is 13.8. The monoisotopic (exact) mass is 368 g/mol. The van der Waals surface area contributed by atoms with Gasteiger partial charge in [0.05, 0.1) is 5.02 Å². The van der Waals surface area contributed by atoms with Crippen LogP contribution in [-0.2, 0) is 4.79 Å². The minimum Gasteiger partial charge on any atom is -0.482 e. The molecular formula is C16H11Cl2FN2O3. The molecule has 1 atom stereocenters. The van der Waals surface area contributed by atoms with Crippen LogP contribution in [0.2, 0.25) is 10.0 Å². The van der Waals surface area contributed by atoms with Crippen LogP contribution in [0, 0.1) is 17.7 Å². The third kappa shape index (κ3) is 4.07. The van der Waals surface area contributed by atoms with Crippen molar-refractivity contribution in [1.82, 2.24) is 4.98 Å². The first-order valence-corrected chi connectivity index (χ1v) is 7.35. The number of ether oxygens (including phenoxy) is 1. The molecule has 0 radical (unpaired) electrons. The van der Waals surface area contributed by atoms with Gasteiger partial charge in [-0.25, -0.2) is 14.2 Å². The Morgan fingerprint density at radius 2 is 2.17 bits per heavy atom. The third-order valence-corrected chi connectivity index (χ3v) is 3.70. The summed E-state index contributed by atoms with van der Waals surface area (Å²) in [5.41, 5.74) is 6.30. The van der Waals surface area contributed by atoms with Crippen LogP contribution in [-0.4, -0.2) is 16.1 Å². The van der Waals surface area contributed by atoms with Gasteiger partial charge in [-0.05, 0) is 19.1 Å². The van der Waals surface area contributed by atoms with Crippen LogP contribution in [0.1, 0.15) is 24.2 Å².